The van der Waals surface area contributed by atoms with Gasteiger partial charge in [0.1, 0.15) is 6.17 Å². The average molecular weight is 268 g/mol. The quantitative estimate of drug-likeness (QED) is 0.735. The largest absolute Gasteiger partial charge is 0.449 e. The second-order valence-corrected chi connectivity index (χ2v) is 3.95. The first kappa shape index (κ1) is 15.1. The van der Waals surface area contributed by atoms with Gasteiger partial charge in [-0.05, 0) is 20.8 Å². The number of carbonyl (C=O) groups excluding carboxylic acids is 2. The van der Waals surface area contributed by atoms with E-state index in [1.54, 1.807) is 33.0 Å². The van der Waals surface area contributed by atoms with Gasteiger partial charge in [-0.2, -0.15) is 0 Å². The van der Waals surface area contributed by atoms with E-state index < -0.39 is 18.4 Å². The van der Waals surface area contributed by atoms with E-state index in [1.807, 2.05) is 0 Å². The molecule has 1 atom stereocenters. The van der Waals surface area contributed by atoms with E-state index in [-0.39, 0.29) is 13.2 Å². The predicted octanol–water partition coefficient (Wildman–Crippen LogP) is 2.68. The molecule has 0 aromatic carbocycles. The van der Waals surface area contributed by atoms with Crippen LogP contribution in [0.4, 0.5) is 9.59 Å². The van der Waals surface area contributed by atoms with Crippen LogP contribution in [-0.4, -0.2) is 41.4 Å². The summed E-state index contributed by atoms with van der Waals surface area (Å²) < 4.78 is 9.96. The molecule has 1 aliphatic heterocycles. The number of nitrogens with zero attached hydrogens (tertiary/aromatic N) is 2. The SMILES string of the molecule is C=CCC1N(C(=O)OCC)C=C(C)N1C(=O)OCC. The van der Waals surface area contributed by atoms with Gasteiger partial charge in [0, 0.05) is 18.3 Å². The summed E-state index contributed by atoms with van der Waals surface area (Å²) in [6, 6.07) is 0. The molecule has 0 saturated heterocycles. The number of hydrogen-bond acceptors (Lipinski definition) is 4. The van der Waals surface area contributed by atoms with Crippen LogP contribution in [0.25, 0.3) is 0 Å². The minimum absolute atomic E-state index is 0.280. The van der Waals surface area contributed by atoms with Crippen LogP contribution in [-0.2, 0) is 9.47 Å². The Bertz CT molecular complexity index is 392. The number of amides is 2. The predicted molar refractivity (Wildman–Crippen MR) is 70.1 cm³/mol. The molecule has 0 bridgehead atoms. The Hall–Kier alpha value is -1.98. The summed E-state index contributed by atoms with van der Waals surface area (Å²) in [4.78, 5) is 26.6. The van der Waals surface area contributed by atoms with Crippen LogP contribution in [0.5, 0.6) is 0 Å². The molecule has 2 amide bonds. The second-order valence-electron chi connectivity index (χ2n) is 3.95. The van der Waals surface area contributed by atoms with E-state index in [0.29, 0.717) is 12.1 Å². The van der Waals surface area contributed by atoms with Crippen molar-refractivity contribution in [3.63, 3.8) is 0 Å². The van der Waals surface area contributed by atoms with Crippen molar-refractivity contribution in [1.82, 2.24) is 9.80 Å². The molecule has 0 aromatic heterocycles. The van der Waals surface area contributed by atoms with Gasteiger partial charge in [-0.1, -0.05) is 6.08 Å². The standard InChI is InChI=1S/C13H20N2O4/c1-5-8-11-14(12(16)18-6-2)9-10(4)15(11)13(17)19-7-3/h5,9,11H,1,6-8H2,2-4H3. The third-order valence-corrected chi connectivity index (χ3v) is 2.65. The molecular weight excluding hydrogens is 248 g/mol. The summed E-state index contributed by atoms with van der Waals surface area (Å²) in [5.41, 5.74) is 0.637. The van der Waals surface area contributed by atoms with Crippen molar-refractivity contribution in [1.29, 1.82) is 0 Å². The Labute approximate surface area is 113 Å². The number of allylic oxidation sites excluding steroid dienone is 1. The maximum absolute atomic E-state index is 11.9. The Morgan fingerprint density at radius 3 is 2.42 bits per heavy atom. The minimum Gasteiger partial charge on any atom is -0.449 e. The molecule has 0 radical (unpaired) electrons. The van der Waals surface area contributed by atoms with E-state index in [1.165, 1.54) is 9.80 Å². The fourth-order valence-corrected chi connectivity index (χ4v) is 1.91. The number of hydrogen-bond donors (Lipinski definition) is 0. The van der Waals surface area contributed by atoms with Crippen LogP contribution in [0.1, 0.15) is 27.2 Å². The third-order valence-electron chi connectivity index (χ3n) is 2.65. The summed E-state index contributed by atoms with van der Waals surface area (Å²) >= 11 is 0. The first-order chi connectivity index (χ1) is 9.06. The summed E-state index contributed by atoms with van der Waals surface area (Å²) in [6.07, 6.45) is 2.23. The Balaban J connectivity index is 2.93. The maximum atomic E-state index is 11.9. The van der Waals surface area contributed by atoms with Crippen molar-refractivity contribution in [2.45, 2.75) is 33.4 Å². The normalized spacial score (nSPS) is 18.1. The van der Waals surface area contributed by atoms with Crippen molar-refractivity contribution in [2.75, 3.05) is 13.2 Å². The summed E-state index contributed by atoms with van der Waals surface area (Å²) in [5, 5.41) is 0. The lowest BCUT2D eigenvalue weighted by atomic mass is 10.3. The molecule has 1 rings (SSSR count). The van der Waals surface area contributed by atoms with E-state index in [2.05, 4.69) is 6.58 Å². The Morgan fingerprint density at radius 2 is 1.89 bits per heavy atom. The van der Waals surface area contributed by atoms with Crippen molar-refractivity contribution < 1.29 is 19.1 Å². The highest BCUT2D eigenvalue weighted by molar-refractivity contribution is 5.75. The number of rotatable bonds is 4. The highest BCUT2D eigenvalue weighted by Gasteiger charge is 2.38. The molecule has 0 spiro atoms. The van der Waals surface area contributed by atoms with Crippen molar-refractivity contribution >= 4 is 12.2 Å². The maximum Gasteiger partial charge on any atom is 0.415 e. The molecule has 0 N–H and O–H groups in total. The molecule has 1 heterocycles. The molecule has 0 aliphatic carbocycles. The lowest BCUT2D eigenvalue weighted by molar-refractivity contribution is 0.0698. The first-order valence-corrected chi connectivity index (χ1v) is 6.27. The van der Waals surface area contributed by atoms with Gasteiger partial charge in [-0.15, -0.1) is 6.58 Å². The minimum atomic E-state index is -0.486. The van der Waals surface area contributed by atoms with Gasteiger partial charge >= 0.3 is 12.2 Å². The fraction of sp³-hybridized carbons (Fsp3) is 0.538. The molecular formula is C13H20N2O4. The molecule has 6 heteroatoms. The molecule has 0 aromatic rings. The molecule has 106 valence electrons. The zero-order chi connectivity index (χ0) is 14.4. The van der Waals surface area contributed by atoms with Crippen LogP contribution >= 0.6 is 0 Å². The molecule has 1 unspecified atom stereocenters. The van der Waals surface area contributed by atoms with Gasteiger partial charge in [0.15, 0.2) is 0 Å². The van der Waals surface area contributed by atoms with E-state index in [4.69, 9.17) is 9.47 Å². The van der Waals surface area contributed by atoms with Gasteiger partial charge in [-0.25, -0.2) is 9.59 Å². The van der Waals surface area contributed by atoms with Gasteiger partial charge < -0.3 is 9.47 Å². The van der Waals surface area contributed by atoms with Crippen LogP contribution in [0.2, 0.25) is 0 Å². The molecule has 0 fully saturated rings. The lowest BCUT2D eigenvalue weighted by Gasteiger charge is -2.29. The van der Waals surface area contributed by atoms with Crippen molar-refractivity contribution in [3.8, 4) is 0 Å². The van der Waals surface area contributed by atoms with Crippen LogP contribution in [0, 0.1) is 0 Å². The monoisotopic (exact) mass is 268 g/mol. The summed E-state index contributed by atoms with van der Waals surface area (Å²) in [7, 11) is 0. The van der Waals surface area contributed by atoms with Crippen LogP contribution < -0.4 is 0 Å². The highest BCUT2D eigenvalue weighted by atomic mass is 16.6. The summed E-state index contributed by atoms with van der Waals surface area (Å²) in [6.45, 7) is 9.42. The van der Waals surface area contributed by atoms with Crippen LogP contribution in [0.3, 0.4) is 0 Å². The molecule has 1 aliphatic rings. The topological polar surface area (TPSA) is 59.1 Å². The van der Waals surface area contributed by atoms with E-state index in [9.17, 15) is 9.59 Å². The first-order valence-electron chi connectivity index (χ1n) is 6.27. The van der Waals surface area contributed by atoms with Gasteiger partial charge in [0.25, 0.3) is 0 Å². The van der Waals surface area contributed by atoms with Gasteiger partial charge in [0.2, 0.25) is 0 Å². The zero-order valence-corrected chi connectivity index (χ0v) is 11.6. The van der Waals surface area contributed by atoms with E-state index in [0.717, 1.165) is 0 Å². The third kappa shape index (κ3) is 3.27. The fourth-order valence-electron chi connectivity index (χ4n) is 1.91. The Kier molecular flexibility index (Phi) is 5.41. The van der Waals surface area contributed by atoms with Crippen molar-refractivity contribution in [3.05, 3.63) is 24.6 Å². The van der Waals surface area contributed by atoms with Gasteiger partial charge in [0.05, 0.1) is 13.2 Å². The van der Waals surface area contributed by atoms with E-state index >= 15 is 0 Å². The second kappa shape index (κ2) is 6.82. The number of ether oxygens (including phenoxy) is 2. The number of carbonyl (C=O) groups is 2. The average Bonchev–Trinajstić information content (AvgIpc) is 2.67. The zero-order valence-electron chi connectivity index (χ0n) is 11.6. The molecule has 19 heavy (non-hydrogen) atoms. The van der Waals surface area contributed by atoms with Gasteiger partial charge in [-0.3, -0.25) is 9.80 Å². The summed E-state index contributed by atoms with van der Waals surface area (Å²) in [5.74, 6) is 0. The lowest BCUT2D eigenvalue weighted by Crippen LogP contribution is -2.45. The van der Waals surface area contributed by atoms with Crippen molar-refractivity contribution in [2.24, 2.45) is 0 Å². The Morgan fingerprint density at radius 1 is 1.32 bits per heavy atom. The smallest absolute Gasteiger partial charge is 0.415 e. The molecule has 6 nitrogen and oxygen atoms in total. The highest BCUT2D eigenvalue weighted by Crippen LogP contribution is 2.26. The molecule has 0 saturated carbocycles. The van der Waals surface area contributed by atoms with Crippen LogP contribution in [0.15, 0.2) is 24.6 Å².